The van der Waals surface area contributed by atoms with Crippen molar-refractivity contribution in [1.82, 2.24) is 4.90 Å². The Morgan fingerprint density at radius 3 is 2.85 bits per heavy atom. The summed E-state index contributed by atoms with van der Waals surface area (Å²) in [6.45, 7) is 0.403. The number of carboxylic acid groups (broad SMARTS) is 1. The number of amides is 2. The maximum Gasteiger partial charge on any atom is 0.322 e. The van der Waals surface area contributed by atoms with Crippen LogP contribution in [0.15, 0.2) is 18.2 Å². The van der Waals surface area contributed by atoms with Crippen LogP contribution in [0.25, 0.3) is 0 Å². The van der Waals surface area contributed by atoms with Crippen molar-refractivity contribution in [2.75, 3.05) is 11.9 Å². The number of likely N-dealkylation sites (tertiary alicyclic amines) is 1. The monoisotopic (exact) mass is 284 g/mol. The van der Waals surface area contributed by atoms with Gasteiger partial charge in [0.2, 0.25) is 0 Å². The van der Waals surface area contributed by atoms with E-state index in [4.69, 9.17) is 5.11 Å². The number of halogens is 2. The number of hydrogen-bond acceptors (Lipinski definition) is 2. The van der Waals surface area contributed by atoms with Gasteiger partial charge in [0.05, 0.1) is 12.1 Å². The maximum absolute atomic E-state index is 13.5. The number of carboxylic acids is 1. The first-order valence-corrected chi connectivity index (χ1v) is 6.22. The molecule has 20 heavy (non-hydrogen) atoms. The molecule has 1 unspecified atom stereocenters. The van der Waals surface area contributed by atoms with E-state index in [2.05, 4.69) is 5.32 Å². The third-order valence-corrected chi connectivity index (χ3v) is 3.24. The molecule has 2 rings (SSSR count). The Balaban J connectivity index is 2.07. The van der Waals surface area contributed by atoms with Crippen molar-refractivity contribution in [2.45, 2.75) is 25.3 Å². The van der Waals surface area contributed by atoms with Crippen molar-refractivity contribution in [3.63, 3.8) is 0 Å². The number of hydrogen-bond donors (Lipinski definition) is 2. The first-order valence-electron chi connectivity index (χ1n) is 6.22. The number of nitrogens with one attached hydrogen (secondary N) is 1. The fraction of sp³-hybridized carbons (Fsp3) is 0.385. The summed E-state index contributed by atoms with van der Waals surface area (Å²) in [5.41, 5.74) is -0.254. The molecule has 0 aliphatic carbocycles. The Kier molecular flexibility index (Phi) is 4.16. The van der Waals surface area contributed by atoms with Gasteiger partial charge in [-0.1, -0.05) is 6.07 Å². The molecule has 0 saturated carbocycles. The molecule has 1 aliphatic heterocycles. The van der Waals surface area contributed by atoms with Crippen LogP contribution in [0, 0.1) is 11.6 Å². The molecule has 1 heterocycles. The first kappa shape index (κ1) is 14.2. The molecule has 108 valence electrons. The summed E-state index contributed by atoms with van der Waals surface area (Å²) >= 11 is 0. The second kappa shape index (κ2) is 5.85. The Labute approximate surface area is 114 Å². The van der Waals surface area contributed by atoms with Gasteiger partial charge in [-0.2, -0.15) is 0 Å². The number of aliphatic carboxylic acids is 1. The van der Waals surface area contributed by atoms with Gasteiger partial charge in [-0.3, -0.25) is 4.79 Å². The van der Waals surface area contributed by atoms with Crippen LogP contribution >= 0.6 is 0 Å². The van der Waals surface area contributed by atoms with E-state index in [1.54, 1.807) is 0 Å². The minimum Gasteiger partial charge on any atom is -0.481 e. The van der Waals surface area contributed by atoms with Crippen LogP contribution in [0.5, 0.6) is 0 Å². The molecule has 2 N–H and O–H groups in total. The van der Waals surface area contributed by atoms with Gasteiger partial charge in [0, 0.05) is 12.6 Å². The van der Waals surface area contributed by atoms with E-state index in [1.165, 1.54) is 17.0 Å². The van der Waals surface area contributed by atoms with E-state index in [0.717, 1.165) is 6.07 Å². The van der Waals surface area contributed by atoms with E-state index in [1.807, 2.05) is 0 Å². The number of carbonyl (C=O) groups is 2. The highest BCUT2D eigenvalue weighted by atomic mass is 19.2. The second-order valence-electron chi connectivity index (χ2n) is 4.62. The molecule has 5 nitrogen and oxygen atoms in total. The zero-order chi connectivity index (χ0) is 14.7. The fourth-order valence-electron chi connectivity index (χ4n) is 2.30. The highest BCUT2D eigenvalue weighted by molar-refractivity contribution is 5.90. The molecule has 1 atom stereocenters. The number of urea groups is 1. The van der Waals surface area contributed by atoms with Crippen LogP contribution in [0.3, 0.4) is 0 Å². The zero-order valence-electron chi connectivity index (χ0n) is 10.6. The van der Waals surface area contributed by atoms with Gasteiger partial charge in [-0.25, -0.2) is 13.6 Å². The van der Waals surface area contributed by atoms with Gasteiger partial charge < -0.3 is 15.3 Å². The molecule has 1 saturated heterocycles. The van der Waals surface area contributed by atoms with Gasteiger partial charge in [-0.15, -0.1) is 0 Å². The number of carbonyl (C=O) groups excluding carboxylic acids is 1. The lowest BCUT2D eigenvalue weighted by Crippen LogP contribution is -2.39. The van der Waals surface area contributed by atoms with Crippen molar-refractivity contribution in [3.05, 3.63) is 29.8 Å². The molecule has 1 aromatic rings. The van der Waals surface area contributed by atoms with Gasteiger partial charge >= 0.3 is 12.0 Å². The van der Waals surface area contributed by atoms with Crippen LogP contribution in [0.4, 0.5) is 19.3 Å². The Morgan fingerprint density at radius 1 is 1.40 bits per heavy atom. The average Bonchev–Trinajstić information content (AvgIpc) is 2.82. The highest BCUT2D eigenvalue weighted by Crippen LogP contribution is 2.23. The summed E-state index contributed by atoms with van der Waals surface area (Å²) in [5, 5.41) is 11.1. The normalized spacial score (nSPS) is 18.1. The maximum atomic E-state index is 13.5. The summed E-state index contributed by atoms with van der Waals surface area (Å²) in [5.74, 6) is -3.17. The molecule has 0 radical (unpaired) electrons. The number of rotatable bonds is 3. The SMILES string of the molecule is O=C(O)CC1CCCN1C(=O)Nc1cccc(F)c1F. The first-order chi connectivity index (χ1) is 9.49. The number of nitrogens with zero attached hydrogens (tertiary/aromatic N) is 1. The van der Waals surface area contributed by atoms with Crippen LogP contribution in [0.1, 0.15) is 19.3 Å². The molecule has 1 aromatic carbocycles. The summed E-state index contributed by atoms with van der Waals surface area (Å²) in [6, 6.07) is 2.46. The largest absolute Gasteiger partial charge is 0.481 e. The molecule has 1 aliphatic rings. The zero-order valence-corrected chi connectivity index (χ0v) is 10.6. The molecule has 1 fully saturated rings. The average molecular weight is 284 g/mol. The van der Waals surface area contributed by atoms with Crippen molar-refractivity contribution in [2.24, 2.45) is 0 Å². The van der Waals surface area contributed by atoms with Crippen molar-refractivity contribution in [1.29, 1.82) is 0 Å². The number of benzene rings is 1. The third-order valence-electron chi connectivity index (χ3n) is 3.24. The lowest BCUT2D eigenvalue weighted by molar-refractivity contribution is -0.137. The van der Waals surface area contributed by atoms with Gasteiger partial charge in [0.25, 0.3) is 0 Å². The quantitative estimate of drug-likeness (QED) is 0.895. The Bertz CT molecular complexity index is 536. The minimum atomic E-state index is -1.13. The van der Waals surface area contributed by atoms with Crippen LogP contribution in [-0.4, -0.2) is 34.6 Å². The molecule has 0 spiro atoms. The fourth-order valence-corrected chi connectivity index (χ4v) is 2.30. The van der Waals surface area contributed by atoms with E-state index in [9.17, 15) is 18.4 Å². The molecular formula is C13H14F2N2O3. The second-order valence-corrected chi connectivity index (χ2v) is 4.62. The van der Waals surface area contributed by atoms with Crippen molar-refractivity contribution < 1.29 is 23.5 Å². The van der Waals surface area contributed by atoms with E-state index in [-0.39, 0.29) is 12.1 Å². The molecular weight excluding hydrogens is 270 g/mol. The lowest BCUT2D eigenvalue weighted by Gasteiger charge is -2.23. The van der Waals surface area contributed by atoms with Crippen LogP contribution < -0.4 is 5.32 Å². The molecule has 0 aromatic heterocycles. The van der Waals surface area contributed by atoms with Gasteiger partial charge in [0.15, 0.2) is 11.6 Å². The van der Waals surface area contributed by atoms with Gasteiger partial charge in [0.1, 0.15) is 0 Å². The smallest absolute Gasteiger partial charge is 0.322 e. The molecule has 7 heteroatoms. The summed E-state index contributed by atoms with van der Waals surface area (Å²) in [4.78, 5) is 24.1. The highest BCUT2D eigenvalue weighted by Gasteiger charge is 2.30. The Morgan fingerprint density at radius 2 is 2.15 bits per heavy atom. The predicted octanol–water partition coefficient (Wildman–Crippen LogP) is 2.44. The van der Waals surface area contributed by atoms with Crippen LogP contribution in [-0.2, 0) is 4.79 Å². The summed E-state index contributed by atoms with van der Waals surface area (Å²) in [7, 11) is 0. The topological polar surface area (TPSA) is 69.6 Å². The van der Waals surface area contributed by atoms with E-state index < -0.39 is 29.7 Å². The molecule has 0 bridgehead atoms. The number of anilines is 1. The lowest BCUT2D eigenvalue weighted by atomic mass is 10.1. The van der Waals surface area contributed by atoms with Crippen LogP contribution in [0.2, 0.25) is 0 Å². The van der Waals surface area contributed by atoms with E-state index >= 15 is 0 Å². The third kappa shape index (κ3) is 3.04. The van der Waals surface area contributed by atoms with Crippen molar-refractivity contribution in [3.8, 4) is 0 Å². The predicted molar refractivity (Wildman–Crippen MR) is 67.4 cm³/mol. The summed E-state index contributed by atoms with van der Waals surface area (Å²) < 4.78 is 26.5. The van der Waals surface area contributed by atoms with E-state index in [0.29, 0.717) is 19.4 Å². The van der Waals surface area contributed by atoms with Crippen molar-refractivity contribution >= 4 is 17.7 Å². The molecule has 2 amide bonds. The standard InChI is InChI=1S/C13H14F2N2O3/c14-9-4-1-5-10(12(9)15)16-13(20)17-6-2-3-8(17)7-11(18)19/h1,4-5,8H,2-3,6-7H2,(H,16,20)(H,18,19). The van der Waals surface area contributed by atoms with Gasteiger partial charge in [-0.05, 0) is 25.0 Å². The minimum absolute atomic E-state index is 0.154. The summed E-state index contributed by atoms with van der Waals surface area (Å²) in [6.07, 6.45) is 1.13. The Hall–Kier alpha value is -2.18.